The van der Waals surface area contributed by atoms with Gasteiger partial charge >= 0.3 is 0 Å². The van der Waals surface area contributed by atoms with Crippen molar-refractivity contribution in [3.63, 3.8) is 0 Å². The Morgan fingerprint density at radius 1 is 1.03 bits per heavy atom. The van der Waals surface area contributed by atoms with Gasteiger partial charge in [0.1, 0.15) is 5.75 Å². The van der Waals surface area contributed by atoms with Crippen molar-refractivity contribution in [1.82, 2.24) is 14.8 Å². The highest BCUT2D eigenvalue weighted by Gasteiger charge is 2.23. The van der Waals surface area contributed by atoms with E-state index in [1.165, 1.54) is 5.56 Å². The Hall–Kier alpha value is -3.05. The topological polar surface area (TPSA) is 46.5 Å². The number of piperidine rings is 1. The third kappa shape index (κ3) is 4.83. The third-order valence-corrected chi connectivity index (χ3v) is 6.18. The average Bonchev–Trinajstić information content (AvgIpc) is 3.10. The van der Waals surface area contributed by atoms with E-state index in [9.17, 15) is 4.79 Å². The third-order valence-electron chi connectivity index (χ3n) is 6.18. The molecule has 1 saturated heterocycles. The number of carbonyl (C=O) groups is 1. The normalized spacial score (nSPS) is 15.1. The van der Waals surface area contributed by atoms with Gasteiger partial charge in [0.25, 0.3) is 5.91 Å². The molecule has 0 atom stereocenters. The van der Waals surface area contributed by atoms with Crippen LogP contribution in [0.2, 0.25) is 0 Å². The summed E-state index contributed by atoms with van der Waals surface area (Å²) in [5.41, 5.74) is 5.13. The summed E-state index contributed by atoms with van der Waals surface area (Å²) in [6.45, 7) is 7.03. The number of hydrogen-bond donors (Lipinski definition) is 1. The molecule has 1 amide bonds. The van der Waals surface area contributed by atoms with Gasteiger partial charge in [-0.1, -0.05) is 30.3 Å². The number of aromatic nitrogens is 1. The lowest BCUT2D eigenvalue weighted by molar-refractivity contribution is 0.0908. The maximum absolute atomic E-state index is 13.0. The van der Waals surface area contributed by atoms with E-state index >= 15 is 0 Å². The molecule has 1 N–H and O–H groups in total. The minimum Gasteiger partial charge on any atom is -0.497 e. The predicted molar refractivity (Wildman–Crippen MR) is 124 cm³/mol. The molecule has 0 aliphatic carbocycles. The van der Waals surface area contributed by atoms with E-state index < -0.39 is 0 Å². The molecule has 0 spiro atoms. The number of methoxy groups -OCH3 is 1. The molecule has 0 saturated carbocycles. The summed E-state index contributed by atoms with van der Waals surface area (Å²) in [7, 11) is 1.66. The Labute approximate surface area is 184 Å². The number of rotatable bonds is 6. The molecule has 31 heavy (non-hydrogen) atoms. The zero-order chi connectivity index (χ0) is 21.8. The van der Waals surface area contributed by atoms with E-state index in [0.29, 0.717) is 0 Å². The molecule has 162 valence electrons. The Balaban J connectivity index is 1.38. The maximum Gasteiger partial charge on any atom is 0.253 e. The fraction of sp³-hybridized carbons (Fsp3) is 0.346. The minimum atomic E-state index is 0.0226. The maximum atomic E-state index is 13.0. The van der Waals surface area contributed by atoms with Gasteiger partial charge in [-0.05, 0) is 62.6 Å². The van der Waals surface area contributed by atoms with Gasteiger partial charge in [0.2, 0.25) is 0 Å². The first-order valence-corrected chi connectivity index (χ1v) is 11.0. The van der Waals surface area contributed by atoms with Gasteiger partial charge in [0.05, 0.1) is 12.7 Å². The van der Waals surface area contributed by atoms with Crippen LogP contribution in [-0.4, -0.2) is 41.6 Å². The number of likely N-dealkylation sites (tertiary alicyclic amines) is 1. The van der Waals surface area contributed by atoms with Crippen LogP contribution in [0, 0.1) is 13.8 Å². The number of carbonyl (C=O) groups excluding carboxylic acids is 1. The summed E-state index contributed by atoms with van der Waals surface area (Å²) in [5, 5.41) is 3.27. The molecule has 1 aliphatic heterocycles. The molecule has 3 aromatic rings. The molecule has 4 rings (SSSR count). The standard InChI is InChI=1S/C26H31N3O2/c1-19-17-25(20(2)29(19)23-9-11-24(31-3)12-10-23)26(30)27-22-13-15-28(16-14-22)18-21-7-5-4-6-8-21/h4-12,17,22H,13-16,18H2,1-3H3,(H,27,30). The van der Waals surface area contributed by atoms with Gasteiger partial charge < -0.3 is 14.6 Å². The van der Waals surface area contributed by atoms with Crippen molar-refractivity contribution in [2.75, 3.05) is 20.2 Å². The second-order valence-corrected chi connectivity index (χ2v) is 8.33. The van der Waals surface area contributed by atoms with Crippen LogP contribution in [0.1, 0.15) is 40.2 Å². The number of hydrogen-bond acceptors (Lipinski definition) is 3. The molecule has 5 nitrogen and oxygen atoms in total. The molecule has 1 fully saturated rings. The molecule has 0 bridgehead atoms. The number of nitrogens with zero attached hydrogens (tertiary/aromatic N) is 2. The van der Waals surface area contributed by atoms with Gasteiger partial charge in [-0.3, -0.25) is 9.69 Å². The largest absolute Gasteiger partial charge is 0.497 e. The van der Waals surface area contributed by atoms with Crippen LogP contribution in [0.4, 0.5) is 0 Å². The van der Waals surface area contributed by atoms with Crippen LogP contribution < -0.4 is 10.1 Å². The molecule has 1 aromatic heterocycles. The lowest BCUT2D eigenvalue weighted by Crippen LogP contribution is -2.44. The lowest BCUT2D eigenvalue weighted by Gasteiger charge is -2.32. The number of aryl methyl sites for hydroxylation is 1. The van der Waals surface area contributed by atoms with E-state index in [2.05, 4.69) is 45.1 Å². The van der Waals surface area contributed by atoms with Gasteiger partial charge in [-0.15, -0.1) is 0 Å². The summed E-state index contributed by atoms with van der Waals surface area (Å²) in [4.78, 5) is 15.5. The van der Waals surface area contributed by atoms with Crippen molar-refractivity contribution in [2.45, 2.75) is 39.3 Å². The highest BCUT2D eigenvalue weighted by Crippen LogP contribution is 2.23. The fourth-order valence-corrected chi connectivity index (χ4v) is 4.46. The summed E-state index contributed by atoms with van der Waals surface area (Å²) in [6.07, 6.45) is 1.96. The van der Waals surface area contributed by atoms with E-state index in [0.717, 1.165) is 60.9 Å². The Bertz CT molecular complexity index is 1020. The Kier molecular flexibility index (Phi) is 6.42. The zero-order valence-corrected chi connectivity index (χ0v) is 18.6. The van der Waals surface area contributed by atoms with Crippen LogP contribution in [0.15, 0.2) is 60.7 Å². The first-order valence-electron chi connectivity index (χ1n) is 11.0. The molecule has 5 heteroatoms. The van der Waals surface area contributed by atoms with Crippen molar-refractivity contribution < 1.29 is 9.53 Å². The molecular formula is C26H31N3O2. The van der Waals surface area contributed by atoms with E-state index in [1.807, 2.05) is 44.2 Å². The fourth-order valence-electron chi connectivity index (χ4n) is 4.46. The van der Waals surface area contributed by atoms with Crippen LogP contribution in [0.25, 0.3) is 5.69 Å². The van der Waals surface area contributed by atoms with Crippen LogP contribution in [-0.2, 0) is 6.54 Å². The van der Waals surface area contributed by atoms with Crippen LogP contribution in [0.5, 0.6) is 5.75 Å². The average molecular weight is 418 g/mol. The summed E-state index contributed by atoms with van der Waals surface area (Å²) >= 11 is 0. The Morgan fingerprint density at radius 3 is 2.35 bits per heavy atom. The summed E-state index contributed by atoms with van der Waals surface area (Å²) in [5.74, 6) is 0.845. The van der Waals surface area contributed by atoms with Crippen LogP contribution >= 0.6 is 0 Å². The monoisotopic (exact) mass is 417 g/mol. The summed E-state index contributed by atoms with van der Waals surface area (Å²) < 4.78 is 7.38. The highest BCUT2D eigenvalue weighted by molar-refractivity contribution is 5.96. The lowest BCUT2D eigenvalue weighted by atomic mass is 10.0. The van der Waals surface area contributed by atoms with E-state index in [1.54, 1.807) is 7.11 Å². The highest BCUT2D eigenvalue weighted by atomic mass is 16.5. The van der Waals surface area contributed by atoms with Gasteiger partial charge in [0, 0.05) is 42.8 Å². The SMILES string of the molecule is COc1ccc(-n2c(C)cc(C(=O)NC3CCN(Cc4ccccc4)CC3)c2C)cc1. The molecule has 0 radical (unpaired) electrons. The van der Waals surface area contributed by atoms with Crippen LogP contribution in [0.3, 0.4) is 0 Å². The van der Waals surface area contributed by atoms with Crippen molar-refractivity contribution in [2.24, 2.45) is 0 Å². The van der Waals surface area contributed by atoms with E-state index in [4.69, 9.17) is 4.74 Å². The second-order valence-electron chi connectivity index (χ2n) is 8.33. The molecule has 1 aliphatic rings. The van der Waals surface area contributed by atoms with Gasteiger partial charge in [0.15, 0.2) is 0 Å². The van der Waals surface area contributed by atoms with Crippen molar-refractivity contribution in [3.8, 4) is 11.4 Å². The number of benzene rings is 2. The quantitative estimate of drug-likeness (QED) is 0.642. The smallest absolute Gasteiger partial charge is 0.253 e. The van der Waals surface area contributed by atoms with Gasteiger partial charge in [-0.2, -0.15) is 0 Å². The number of amides is 1. The molecular weight excluding hydrogens is 386 g/mol. The number of ether oxygens (including phenoxy) is 1. The van der Waals surface area contributed by atoms with Crippen molar-refractivity contribution in [3.05, 3.63) is 83.2 Å². The van der Waals surface area contributed by atoms with Crippen molar-refractivity contribution >= 4 is 5.91 Å². The van der Waals surface area contributed by atoms with E-state index in [-0.39, 0.29) is 11.9 Å². The first-order chi connectivity index (χ1) is 15.0. The number of nitrogens with one attached hydrogen (secondary N) is 1. The van der Waals surface area contributed by atoms with Crippen molar-refractivity contribution in [1.29, 1.82) is 0 Å². The second kappa shape index (κ2) is 9.40. The minimum absolute atomic E-state index is 0.0226. The molecule has 2 heterocycles. The first kappa shape index (κ1) is 21.2. The molecule has 2 aromatic carbocycles. The summed E-state index contributed by atoms with van der Waals surface area (Å²) in [6, 6.07) is 20.7. The predicted octanol–water partition coefficient (Wildman–Crippen LogP) is 4.50. The Morgan fingerprint density at radius 2 is 1.71 bits per heavy atom. The zero-order valence-electron chi connectivity index (χ0n) is 18.6. The molecule has 0 unspecified atom stereocenters. The van der Waals surface area contributed by atoms with Gasteiger partial charge in [-0.25, -0.2) is 0 Å².